The van der Waals surface area contributed by atoms with Gasteiger partial charge in [-0.05, 0) is 62.3 Å². The highest BCUT2D eigenvalue weighted by molar-refractivity contribution is 5.92. The van der Waals surface area contributed by atoms with Crippen LogP contribution in [-0.4, -0.2) is 87.5 Å². The number of halogens is 1. The Kier molecular flexibility index (Phi) is 7.79. The molecule has 3 aromatic rings. The van der Waals surface area contributed by atoms with Crippen LogP contribution in [0.1, 0.15) is 95.5 Å². The number of ether oxygens (including phenoxy) is 2. The molecular formula is C36H44FN9O3. The quantitative estimate of drug-likeness (QED) is 0.396. The number of amides is 1. The number of hydrogen-bond donors (Lipinski definition) is 1. The van der Waals surface area contributed by atoms with Crippen molar-refractivity contribution in [3.8, 4) is 12.1 Å². The lowest BCUT2D eigenvalue weighted by Crippen LogP contribution is -2.44. The van der Waals surface area contributed by atoms with Crippen molar-refractivity contribution in [2.24, 2.45) is 0 Å². The molecule has 5 aliphatic rings. The van der Waals surface area contributed by atoms with Crippen LogP contribution in [0.4, 0.5) is 15.9 Å². The molecule has 2 aromatic heterocycles. The Morgan fingerprint density at radius 1 is 1.22 bits per heavy atom. The van der Waals surface area contributed by atoms with Crippen LogP contribution in [-0.2, 0) is 36.5 Å². The Hall–Kier alpha value is -4.28. The summed E-state index contributed by atoms with van der Waals surface area (Å²) in [5, 5.41) is 14.9. The van der Waals surface area contributed by atoms with Crippen LogP contribution < -0.4 is 15.4 Å². The van der Waals surface area contributed by atoms with E-state index in [0.717, 1.165) is 72.5 Å². The lowest BCUT2D eigenvalue weighted by atomic mass is 9.69. The van der Waals surface area contributed by atoms with Gasteiger partial charge in [0, 0.05) is 63.4 Å². The van der Waals surface area contributed by atoms with Gasteiger partial charge in [0.1, 0.15) is 30.3 Å². The lowest BCUT2D eigenvalue weighted by molar-refractivity contribution is -0.0873. The van der Waals surface area contributed by atoms with Gasteiger partial charge < -0.3 is 25.0 Å². The van der Waals surface area contributed by atoms with E-state index >= 15 is 0 Å². The lowest BCUT2D eigenvalue weighted by Gasteiger charge is -2.45. The summed E-state index contributed by atoms with van der Waals surface area (Å²) in [6.45, 7) is 5.99. The molecule has 0 bridgehead atoms. The Balaban J connectivity index is 1.19. The summed E-state index contributed by atoms with van der Waals surface area (Å²) >= 11 is 0. The first kappa shape index (κ1) is 32.0. The number of carbonyl (C=O) groups excluding carboxylic acids is 1. The second-order valence-corrected chi connectivity index (χ2v) is 14.8. The molecule has 1 unspecified atom stereocenters. The summed E-state index contributed by atoms with van der Waals surface area (Å²) in [5.74, 6) is 0.866. The Morgan fingerprint density at radius 3 is 2.90 bits per heavy atom. The Bertz CT molecular complexity index is 1860. The maximum Gasteiger partial charge on any atom is 0.318 e. The van der Waals surface area contributed by atoms with Crippen LogP contribution in [0, 0.1) is 11.3 Å². The molecule has 4 aliphatic heterocycles. The third kappa shape index (κ3) is 5.31. The minimum absolute atomic E-state index is 0.136. The number of aromatic nitrogens is 4. The molecule has 8 rings (SSSR count). The highest BCUT2D eigenvalue weighted by Gasteiger charge is 2.50. The number of hydrogen-bond acceptors (Lipinski definition) is 10. The fourth-order valence-corrected chi connectivity index (χ4v) is 8.98. The van der Waals surface area contributed by atoms with Crippen LogP contribution in [0.3, 0.4) is 0 Å². The standard InChI is InChI=1S/C36H44FN9O3/c1-22-8-10-36(31-25(22)6-7-28(39)26(31)17-38)16-30-27(20-49-36)32(41-34(40-30)48-21-35-9-4-12-45(35)18-23(37)15-35)44-11-5-13-46-24(19-44)14-29(42-46)33(47)43(2)3/h6-7,14,22-23H,4-5,8-13,15-16,18-21,39H2,1-3H3/t22-,23+,35?,36+/m0/s1. The van der Waals surface area contributed by atoms with E-state index in [9.17, 15) is 14.4 Å². The number of aryl methyl sites for hydroxylation is 1. The average molecular weight is 670 g/mol. The SMILES string of the molecule is C[C@H]1CC[C@@]2(Cc3nc(OCC45CCCN4C[C@H](F)C5)nc(N4CCCn5nc(C(=O)N(C)C)cc5C4)c3CO2)c2c1ccc(N)c2C#N. The molecule has 49 heavy (non-hydrogen) atoms. The van der Waals surface area contributed by atoms with E-state index in [2.05, 4.69) is 27.9 Å². The van der Waals surface area contributed by atoms with Gasteiger partial charge in [-0.3, -0.25) is 14.4 Å². The number of carbonyl (C=O) groups is 1. The summed E-state index contributed by atoms with van der Waals surface area (Å²) < 4.78 is 29.9. The summed E-state index contributed by atoms with van der Waals surface area (Å²) in [5.41, 5.74) is 11.2. The molecule has 1 amide bonds. The molecule has 2 saturated heterocycles. The van der Waals surface area contributed by atoms with E-state index in [-0.39, 0.29) is 30.0 Å². The predicted molar refractivity (Wildman–Crippen MR) is 180 cm³/mol. The molecule has 6 heterocycles. The number of nitrogens with two attached hydrogens (primary N) is 1. The molecule has 0 saturated carbocycles. The summed E-state index contributed by atoms with van der Waals surface area (Å²) in [6.07, 6.45) is 4.40. The molecule has 2 fully saturated rings. The Labute approximate surface area is 286 Å². The van der Waals surface area contributed by atoms with E-state index in [4.69, 9.17) is 25.2 Å². The zero-order valence-corrected chi connectivity index (χ0v) is 28.5. The van der Waals surface area contributed by atoms with E-state index < -0.39 is 11.8 Å². The van der Waals surface area contributed by atoms with Gasteiger partial charge in [0.15, 0.2) is 5.69 Å². The van der Waals surface area contributed by atoms with Gasteiger partial charge in [-0.1, -0.05) is 13.0 Å². The highest BCUT2D eigenvalue weighted by atomic mass is 19.1. The Morgan fingerprint density at radius 2 is 2.08 bits per heavy atom. The topological polar surface area (TPSA) is 139 Å². The summed E-state index contributed by atoms with van der Waals surface area (Å²) in [7, 11) is 3.45. The van der Waals surface area contributed by atoms with Gasteiger partial charge in [0.05, 0.1) is 35.6 Å². The number of alkyl halides is 1. The molecule has 1 spiro atoms. The molecule has 13 heteroatoms. The van der Waals surface area contributed by atoms with E-state index in [1.165, 1.54) is 4.90 Å². The number of nitrogens with zero attached hydrogens (tertiary/aromatic N) is 8. The van der Waals surface area contributed by atoms with Gasteiger partial charge in [0.25, 0.3) is 5.91 Å². The first-order valence-corrected chi connectivity index (χ1v) is 17.5. The predicted octanol–water partition coefficient (Wildman–Crippen LogP) is 4.06. The van der Waals surface area contributed by atoms with E-state index in [1.54, 1.807) is 14.1 Å². The zero-order chi connectivity index (χ0) is 34.1. The normalized spacial score (nSPS) is 27.5. The second kappa shape index (κ2) is 11.9. The van der Waals surface area contributed by atoms with Crippen LogP contribution in [0.25, 0.3) is 0 Å². The van der Waals surface area contributed by atoms with Crippen LogP contribution in [0.15, 0.2) is 18.2 Å². The summed E-state index contributed by atoms with van der Waals surface area (Å²) in [6, 6.07) is 8.39. The highest BCUT2D eigenvalue weighted by Crippen LogP contribution is 2.51. The number of nitrogen functional groups attached to an aromatic ring is 1. The molecule has 1 aromatic carbocycles. The third-order valence-electron chi connectivity index (χ3n) is 11.5. The van der Waals surface area contributed by atoms with Gasteiger partial charge in [0.2, 0.25) is 0 Å². The van der Waals surface area contributed by atoms with E-state index in [1.807, 2.05) is 22.9 Å². The maximum absolute atomic E-state index is 14.6. The van der Waals surface area contributed by atoms with Crippen molar-refractivity contribution in [1.29, 1.82) is 5.26 Å². The maximum atomic E-state index is 14.6. The van der Waals surface area contributed by atoms with Crippen molar-refractivity contribution in [3.63, 3.8) is 0 Å². The van der Waals surface area contributed by atoms with Gasteiger partial charge in [-0.25, -0.2) is 4.39 Å². The second-order valence-electron chi connectivity index (χ2n) is 14.8. The monoisotopic (exact) mass is 669 g/mol. The van der Waals surface area contributed by atoms with Gasteiger partial charge >= 0.3 is 6.01 Å². The average Bonchev–Trinajstić information content (AvgIpc) is 3.71. The molecule has 4 atom stereocenters. The van der Waals surface area contributed by atoms with Crippen molar-refractivity contribution in [2.75, 3.05) is 51.0 Å². The number of fused-ring (bicyclic) bond motifs is 5. The fourth-order valence-electron chi connectivity index (χ4n) is 8.98. The van der Waals surface area contributed by atoms with Crippen molar-refractivity contribution >= 4 is 17.4 Å². The van der Waals surface area contributed by atoms with Crippen LogP contribution >= 0.6 is 0 Å². The van der Waals surface area contributed by atoms with Crippen molar-refractivity contribution < 1.29 is 18.7 Å². The molecule has 2 N–H and O–H groups in total. The number of benzene rings is 1. The molecule has 1 aliphatic carbocycles. The van der Waals surface area contributed by atoms with Gasteiger partial charge in [-0.15, -0.1) is 0 Å². The van der Waals surface area contributed by atoms with Crippen molar-refractivity contribution in [1.82, 2.24) is 29.5 Å². The van der Waals surface area contributed by atoms with Crippen molar-refractivity contribution in [2.45, 2.75) is 94.8 Å². The number of rotatable bonds is 5. The number of nitriles is 1. The first-order chi connectivity index (χ1) is 23.6. The molecule has 0 radical (unpaired) electrons. The van der Waals surface area contributed by atoms with Crippen LogP contribution in [0.5, 0.6) is 6.01 Å². The molecular weight excluding hydrogens is 625 g/mol. The molecule has 12 nitrogen and oxygen atoms in total. The fraction of sp³-hybridized carbons (Fsp3) is 0.583. The number of anilines is 2. The van der Waals surface area contributed by atoms with Crippen molar-refractivity contribution in [3.05, 3.63) is 57.5 Å². The first-order valence-electron chi connectivity index (χ1n) is 17.5. The van der Waals surface area contributed by atoms with Crippen LogP contribution in [0.2, 0.25) is 0 Å². The third-order valence-corrected chi connectivity index (χ3v) is 11.5. The van der Waals surface area contributed by atoms with Gasteiger partial charge in [-0.2, -0.15) is 20.3 Å². The minimum atomic E-state index is -0.859. The smallest absolute Gasteiger partial charge is 0.318 e. The zero-order valence-electron chi connectivity index (χ0n) is 28.5. The minimum Gasteiger partial charge on any atom is -0.461 e. The summed E-state index contributed by atoms with van der Waals surface area (Å²) in [4.78, 5) is 28.8. The molecule has 258 valence electrons. The van der Waals surface area contributed by atoms with E-state index in [0.29, 0.717) is 62.6 Å². The largest absolute Gasteiger partial charge is 0.461 e.